The molecule has 2 aromatic heterocycles. The van der Waals surface area contributed by atoms with Gasteiger partial charge in [-0.05, 0) is 18.6 Å². The van der Waals surface area contributed by atoms with Gasteiger partial charge in [-0.1, -0.05) is 19.1 Å². The summed E-state index contributed by atoms with van der Waals surface area (Å²) >= 11 is 5.19. The van der Waals surface area contributed by atoms with E-state index in [2.05, 4.69) is 22.2 Å². The quantitative estimate of drug-likeness (QED) is 0.834. The minimum Gasteiger partial charge on any atom is -0.394 e. The molecular weight excluding hydrogens is 300 g/mol. The summed E-state index contributed by atoms with van der Waals surface area (Å²) in [6, 6.07) is 3.78. The largest absolute Gasteiger partial charge is 0.394 e. The summed E-state index contributed by atoms with van der Waals surface area (Å²) in [5.41, 5.74) is 0. The average molecular weight is 316 g/mol. The van der Waals surface area contributed by atoms with Crippen LogP contribution in [0.5, 0.6) is 0 Å². The standard InChI is InChI=1S/C15H16N4O2S/c1-8-4-10(6-20)21-15(8)19-5-9-2-3-11(22)18-13-12(9)14(19)17-7-16-13/h2-3,5,7-8,10,15,20H,4,6H2,1H3,(H,16,17,18,22)/t8-,10-,15+/m0/s1. The number of anilines is 1. The number of nitrogens with zero attached hydrogens (tertiary/aromatic N) is 3. The van der Waals surface area contributed by atoms with E-state index in [4.69, 9.17) is 17.0 Å². The van der Waals surface area contributed by atoms with E-state index in [-0.39, 0.29) is 18.9 Å². The van der Waals surface area contributed by atoms with E-state index >= 15 is 0 Å². The Morgan fingerprint density at radius 1 is 1.50 bits per heavy atom. The Morgan fingerprint density at radius 3 is 3.14 bits per heavy atom. The van der Waals surface area contributed by atoms with Crippen molar-refractivity contribution in [3.63, 3.8) is 0 Å². The molecule has 4 rings (SSSR count). The van der Waals surface area contributed by atoms with E-state index in [9.17, 15) is 5.11 Å². The molecule has 2 aromatic rings. The third-order valence-electron chi connectivity index (χ3n) is 4.22. The lowest BCUT2D eigenvalue weighted by atomic mass is 10.1. The normalized spacial score (nSPS) is 26.4. The van der Waals surface area contributed by atoms with E-state index in [0.29, 0.717) is 10.6 Å². The number of aliphatic hydroxyl groups is 1. The van der Waals surface area contributed by atoms with Gasteiger partial charge in [-0.25, -0.2) is 9.98 Å². The number of aliphatic hydroxyl groups excluding tert-OH is 1. The molecule has 0 saturated carbocycles. The maximum Gasteiger partial charge on any atom is 0.148 e. The van der Waals surface area contributed by atoms with E-state index in [1.807, 2.05) is 22.9 Å². The molecule has 0 bridgehead atoms. The number of aliphatic imine (C=N–C) groups is 1. The van der Waals surface area contributed by atoms with Crippen LogP contribution in [-0.4, -0.2) is 33.7 Å². The van der Waals surface area contributed by atoms with Gasteiger partial charge in [0.05, 0.1) is 24.4 Å². The molecular formula is C15H16N4O2S. The molecule has 22 heavy (non-hydrogen) atoms. The fourth-order valence-electron chi connectivity index (χ4n) is 3.23. The smallest absolute Gasteiger partial charge is 0.148 e. The van der Waals surface area contributed by atoms with Crippen molar-refractivity contribution in [2.24, 2.45) is 10.9 Å². The lowest BCUT2D eigenvalue weighted by Gasteiger charge is -2.19. The Bertz CT molecular complexity index is 832. The summed E-state index contributed by atoms with van der Waals surface area (Å²) in [5.74, 6) is 1.84. The van der Waals surface area contributed by atoms with E-state index in [0.717, 1.165) is 28.8 Å². The molecule has 2 aliphatic heterocycles. The SMILES string of the molecule is C[C@H]1C[C@@H](CO)O[C@H]1n1cc2ccc(=S)nc3c2c1N=CN3. The maximum absolute atomic E-state index is 9.34. The van der Waals surface area contributed by atoms with Crippen LogP contribution < -0.4 is 5.32 Å². The van der Waals surface area contributed by atoms with E-state index in [1.165, 1.54) is 0 Å². The molecule has 0 unspecified atom stereocenters. The minimum atomic E-state index is -0.129. The summed E-state index contributed by atoms with van der Waals surface area (Å²) in [6.45, 7) is 2.17. The third-order valence-corrected chi connectivity index (χ3v) is 4.45. The molecule has 7 heteroatoms. The summed E-state index contributed by atoms with van der Waals surface area (Å²) in [7, 11) is 0. The van der Waals surface area contributed by atoms with Gasteiger partial charge in [-0.3, -0.25) is 0 Å². The van der Waals surface area contributed by atoms with E-state index in [1.54, 1.807) is 6.34 Å². The van der Waals surface area contributed by atoms with E-state index < -0.39 is 0 Å². The van der Waals surface area contributed by atoms with Crippen molar-refractivity contribution in [2.75, 3.05) is 11.9 Å². The van der Waals surface area contributed by atoms with Crippen molar-refractivity contribution >= 4 is 41.0 Å². The summed E-state index contributed by atoms with van der Waals surface area (Å²) in [5, 5.41) is 14.4. The Hall–Kier alpha value is -1.83. The highest BCUT2D eigenvalue weighted by Crippen LogP contribution is 2.42. The average Bonchev–Trinajstić information content (AvgIpc) is 3.01. The van der Waals surface area contributed by atoms with Gasteiger partial charge in [-0.2, -0.15) is 0 Å². The zero-order valence-electron chi connectivity index (χ0n) is 12.1. The highest BCUT2D eigenvalue weighted by Gasteiger charge is 2.34. The number of nitrogens with one attached hydrogen (secondary N) is 1. The van der Waals surface area contributed by atoms with Crippen LogP contribution in [0.4, 0.5) is 11.6 Å². The maximum atomic E-state index is 9.34. The van der Waals surface area contributed by atoms with Gasteiger partial charge in [0, 0.05) is 17.5 Å². The van der Waals surface area contributed by atoms with Gasteiger partial charge in [0.2, 0.25) is 0 Å². The van der Waals surface area contributed by atoms with Crippen LogP contribution in [0.3, 0.4) is 0 Å². The fraction of sp³-hybridized carbons (Fsp3) is 0.400. The molecule has 0 radical (unpaired) electrons. The highest BCUT2D eigenvalue weighted by molar-refractivity contribution is 7.71. The number of rotatable bonds is 2. The van der Waals surface area contributed by atoms with Crippen LogP contribution in [0.25, 0.3) is 10.8 Å². The van der Waals surface area contributed by atoms with Crippen LogP contribution >= 0.6 is 12.2 Å². The number of ether oxygens (including phenoxy) is 1. The van der Waals surface area contributed by atoms with Crippen LogP contribution in [0.15, 0.2) is 23.3 Å². The first-order chi connectivity index (χ1) is 10.7. The van der Waals surface area contributed by atoms with Gasteiger partial charge in [-0.15, -0.1) is 0 Å². The second kappa shape index (κ2) is 5.12. The first-order valence-electron chi connectivity index (χ1n) is 7.28. The third kappa shape index (κ3) is 2.05. The minimum absolute atomic E-state index is 0.0445. The molecule has 0 spiro atoms. The van der Waals surface area contributed by atoms with Crippen molar-refractivity contribution < 1.29 is 9.84 Å². The lowest BCUT2D eigenvalue weighted by Crippen LogP contribution is -2.15. The van der Waals surface area contributed by atoms with Gasteiger partial charge in [0.15, 0.2) is 0 Å². The summed E-state index contributed by atoms with van der Waals surface area (Å²) < 4.78 is 8.55. The molecule has 1 saturated heterocycles. The first-order valence-corrected chi connectivity index (χ1v) is 7.69. The molecule has 2 N–H and O–H groups in total. The fourth-order valence-corrected chi connectivity index (χ4v) is 3.39. The molecule has 114 valence electrons. The molecule has 0 aromatic carbocycles. The Morgan fingerprint density at radius 2 is 2.36 bits per heavy atom. The van der Waals surface area contributed by atoms with Gasteiger partial charge < -0.3 is 19.7 Å². The van der Waals surface area contributed by atoms with Crippen molar-refractivity contribution in [1.82, 2.24) is 9.55 Å². The Balaban J connectivity index is 1.91. The number of hydrogen-bond acceptors (Lipinski definition) is 6. The first kappa shape index (κ1) is 13.8. The molecule has 6 nitrogen and oxygen atoms in total. The van der Waals surface area contributed by atoms with Crippen molar-refractivity contribution in [3.8, 4) is 0 Å². The topological polar surface area (TPSA) is 71.7 Å². The van der Waals surface area contributed by atoms with Crippen molar-refractivity contribution in [3.05, 3.63) is 23.0 Å². The zero-order valence-corrected chi connectivity index (χ0v) is 12.9. The van der Waals surface area contributed by atoms with Crippen molar-refractivity contribution in [1.29, 1.82) is 0 Å². The number of hydrogen-bond donors (Lipinski definition) is 2. The van der Waals surface area contributed by atoms with Crippen molar-refractivity contribution in [2.45, 2.75) is 25.7 Å². The lowest BCUT2D eigenvalue weighted by molar-refractivity contribution is -0.0299. The molecule has 0 amide bonds. The van der Waals surface area contributed by atoms with Gasteiger partial charge >= 0.3 is 0 Å². The number of aromatic nitrogens is 2. The zero-order chi connectivity index (χ0) is 15.3. The van der Waals surface area contributed by atoms with Crippen LogP contribution in [-0.2, 0) is 4.74 Å². The predicted molar refractivity (Wildman–Crippen MR) is 87.1 cm³/mol. The molecule has 1 fully saturated rings. The van der Waals surface area contributed by atoms with Crippen LogP contribution in [0.2, 0.25) is 0 Å². The highest BCUT2D eigenvalue weighted by atomic mass is 32.1. The van der Waals surface area contributed by atoms with Gasteiger partial charge in [0.1, 0.15) is 22.5 Å². The summed E-state index contributed by atoms with van der Waals surface area (Å²) in [4.78, 5) is 8.87. The molecule has 0 aliphatic carbocycles. The van der Waals surface area contributed by atoms with Gasteiger partial charge in [0.25, 0.3) is 0 Å². The van der Waals surface area contributed by atoms with Crippen LogP contribution in [0.1, 0.15) is 19.6 Å². The summed E-state index contributed by atoms with van der Waals surface area (Å²) in [6.07, 6.45) is 4.24. The Kier molecular flexibility index (Phi) is 3.21. The van der Waals surface area contributed by atoms with Crippen LogP contribution in [0, 0.1) is 10.6 Å². The molecule has 2 aliphatic rings. The monoisotopic (exact) mass is 316 g/mol. The second-order valence-electron chi connectivity index (χ2n) is 5.77. The molecule has 3 atom stereocenters. The molecule has 4 heterocycles. The Labute approximate surface area is 132 Å². The predicted octanol–water partition coefficient (Wildman–Crippen LogP) is 2.77. The second-order valence-corrected chi connectivity index (χ2v) is 6.19.